The first-order valence-corrected chi connectivity index (χ1v) is 8.26. The number of benzene rings is 1. The van der Waals surface area contributed by atoms with Gasteiger partial charge in [0.1, 0.15) is 19.0 Å². The third-order valence-electron chi connectivity index (χ3n) is 4.38. The monoisotopic (exact) mass is 316 g/mol. The second kappa shape index (κ2) is 7.51. The van der Waals surface area contributed by atoms with Gasteiger partial charge in [-0.2, -0.15) is 0 Å². The SMILES string of the molecule is CC1=C(C(=O)N2CCN(CCc3ccccc3)CC2)OCCO1. The van der Waals surface area contributed by atoms with Crippen molar-refractivity contribution in [3.05, 3.63) is 47.4 Å². The Morgan fingerprint density at radius 1 is 1.04 bits per heavy atom. The number of hydrogen-bond acceptors (Lipinski definition) is 4. The molecule has 1 amide bonds. The maximum Gasteiger partial charge on any atom is 0.292 e. The summed E-state index contributed by atoms with van der Waals surface area (Å²) in [4.78, 5) is 16.8. The van der Waals surface area contributed by atoms with Crippen molar-refractivity contribution >= 4 is 5.91 Å². The molecule has 0 atom stereocenters. The molecule has 1 fully saturated rings. The molecule has 5 heteroatoms. The van der Waals surface area contributed by atoms with Crippen LogP contribution in [0.1, 0.15) is 12.5 Å². The zero-order chi connectivity index (χ0) is 16.1. The molecular weight excluding hydrogens is 292 g/mol. The predicted molar refractivity (Wildman–Crippen MR) is 87.8 cm³/mol. The summed E-state index contributed by atoms with van der Waals surface area (Å²) in [7, 11) is 0. The molecule has 1 aromatic rings. The van der Waals surface area contributed by atoms with E-state index in [2.05, 4.69) is 29.2 Å². The number of carbonyl (C=O) groups is 1. The van der Waals surface area contributed by atoms with Crippen molar-refractivity contribution in [2.45, 2.75) is 13.3 Å². The van der Waals surface area contributed by atoms with Gasteiger partial charge in [-0.25, -0.2) is 0 Å². The largest absolute Gasteiger partial charge is 0.491 e. The Morgan fingerprint density at radius 3 is 2.43 bits per heavy atom. The molecule has 23 heavy (non-hydrogen) atoms. The number of piperazine rings is 1. The molecule has 0 N–H and O–H groups in total. The van der Waals surface area contributed by atoms with Crippen molar-refractivity contribution in [1.29, 1.82) is 0 Å². The number of rotatable bonds is 4. The van der Waals surface area contributed by atoms with Gasteiger partial charge in [-0.15, -0.1) is 0 Å². The van der Waals surface area contributed by atoms with E-state index in [1.807, 2.05) is 11.0 Å². The van der Waals surface area contributed by atoms with Crippen LogP contribution in [0, 0.1) is 0 Å². The minimum atomic E-state index is -0.0371. The van der Waals surface area contributed by atoms with E-state index in [0.717, 1.165) is 39.1 Å². The first kappa shape index (κ1) is 15.9. The Balaban J connectivity index is 1.47. The van der Waals surface area contributed by atoms with Crippen molar-refractivity contribution in [2.75, 3.05) is 45.9 Å². The number of hydrogen-bond donors (Lipinski definition) is 0. The Bertz CT molecular complexity index is 563. The second-order valence-electron chi connectivity index (χ2n) is 5.95. The van der Waals surface area contributed by atoms with Crippen molar-refractivity contribution in [2.24, 2.45) is 0 Å². The second-order valence-corrected chi connectivity index (χ2v) is 5.95. The molecule has 3 rings (SSSR count). The zero-order valence-corrected chi connectivity index (χ0v) is 13.7. The molecule has 0 radical (unpaired) electrons. The smallest absolute Gasteiger partial charge is 0.292 e. The fourth-order valence-corrected chi connectivity index (χ4v) is 2.97. The van der Waals surface area contributed by atoms with Crippen LogP contribution in [0.3, 0.4) is 0 Å². The van der Waals surface area contributed by atoms with Crippen LogP contribution in [-0.4, -0.2) is 61.6 Å². The molecule has 2 heterocycles. The Morgan fingerprint density at radius 2 is 1.74 bits per heavy atom. The van der Waals surface area contributed by atoms with Gasteiger partial charge >= 0.3 is 0 Å². The molecule has 0 aliphatic carbocycles. The quantitative estimate of drug-likeness (QED) is 0.847. The Labute approximate surface area is 137 Å². The molecular formula is C18H24N2O3. The molecule has 5 nitrogen and oxygen atoms in total. The highest BCUT2D eigenvalue weighted by atomic mass is 16.6. The van der Waals surface area contributed by atoms with Gasteiger partial charge in [0.15, 0.2) is 0 Å². The van der Waals surface area contributed by atoms with Gasteiger partial charge < -0.3 is 14.4 Å². The molecule has 0 aromatic heterocycles. The van der Waals surface area contributed by atoms with Gasteiger partial charge in [0.05, 0.1) is 0 Å². The van der Waals surface area contributed by atoms with E-state index >= 15 is 0 Å². The Kier molecular flexibility index (Phi) is 5.18. The van der Waals surface area contributed by atoms with Gasteiger partial charge in [-0.05, 0) is 18.9 Å². The van der Waals surface area contributed by atoms with Crippen molar-refractivity contribution in [1.82, 2.24) is 9.80 Å². The number of allylic oxidation sites excluding steroid dienone is 1. The highest BCUT2D eigenvalue weighted by Gasteiger charge is 2.27. The van der Waals surface area contributed by atoms with Crippen molar-refractivity contribution in [3.8, 4) is 0 Å². The summed E-state index contributed by atoms with van der Waals surface area (Å²) < 4.78 is 10.9. The van der Waals surface area contributed by atoms with E-state index in [0.29, 0.717) is 24.7 Å². The third-order valence-corrected chi connectivity index (χ3v) is 4.38. The number of nitrogens with zero attached hydrogens (tertiary/aromatic N) is 2. The lowest BCUT2D eigenvalue weighted by Gasteiger charge is -2.35. The van der Waals surface area contributed by atoms with E-state index in [1.165, 1.54) is 5.56 Å². The van der Waals surface area contributed by atoms with Crippen LogP contribution in [0.4, 0.5) is 0 Å². The van der Waals surface area contributed by atoms with E-state index in [9.17, 15) is 4.79 Å². The highest BCUT2D eigenvalue weighted by molar-refractivity contribution is 5.92. The summed E-state index contributed by atoms with van der Waals surface area (Å²) in [6.45, 7) is 7.11. The topological polar surface area (TPSA) is 42.0 Å². The summed E-state index contributed by atoms with van der Waals surface area (Å²) >= 11 is 0. The summed E-state index contributed by atoms with van der Waals surface area (Å²) in [5.41, 5.74) is 1.36. The lowest BCUT2D eigenvalue weighted by Crippen LogP contribution is -2.50. The van der Waals surface area contributed by atoms with Gasteiger partial charge in [0, 0.05) is 32.7 Å². The van der Waals surface area contributed by atoms with Crippen LogP contribution in [0.25, 0.3) is 0 Å². The first-order valence-electron chi connectivity index (χ1n) is 8.26. The van der Waals surface area contributed by atoms with Crippen molar-refractivity contribution in [3.63, 3.8) is 0 Å². The minimum absolute atomic E-state index is 0.0371. The Hall–Kier alpha value is -2.01. The van der Waals surface area contributed by atoms with Crippen molar-refractivity contribution < 1.29 is 14.3 Å². The van der Waals surface area contributed by atoms with Crippen LogP contribution >= 0.6 is 0 Å². The van der Waals surface area contributed by atoms with Crippen LogP contribution in [0.2, 0.25) is 0 Å². The maximum absolute atomic E-state index is 12.5. The van der Waals surface area contributed by atoms with Crippen LogP contribution in [0.5, 0.6) is 0 Å². The third kappa shape index (κ3) is 4.05. The van der Waals surface area contributed by atoms with Crippen LogP contribution in [0.15, 0.2) is 41.9 Å². The summed E-state index contributed by atoms with van der Waals surface area (Å²) in [6.07, 6.45) is 1.05. The van der Waals surface area contributed by atoms with Gasteiger partial charge in [-0.1, -0.05) is 30.3 Å². The van der Waals surface area contributed by atoms with Gasteiger partial charge in [-0.3, -0.25) is 9.69 Å². The maximum atomic E-state index is 12.5. The van der Waals surface area contributed by atoms with Crippen LogP contribution in [-0.2, 0) is 20.7 Å². The molecule has 124 valence electrons. The lowest BCUT2D eigenvalue weighted by molar-refractivity contribution is -0.134. The normalized spacial score (nSPS) is 19.3. The molecule has 2 aliphatic rings. The van der Waals surface area contributed by atoms with E-state index in [4.69, 9.17) is 9.47 Å². The minimum Gasteiger partial charge on any atom is -0.491 e. The fourth-order valence-electron chi connectivity index (χ4n) is 2.97. The molecule has 0 unspecified atom stereocenters. The number of ether oxygens (including phenoxy) is 2. The lowest BCUT2D eigenvalue weighted by atomic mass is 10.1. The molecule has 1 saturated heterocycles. The average molecular weight is 316 g/mol. The summed E-state index contributed by atoms with van der Waals surface area (Å²) in [5, 5.41) is 0. The predicted octanol–water partition coefficient (Wildman–Crippen LogP) is 1.65. The fraction of sp³-hybridized carbons (Fsp3) is 0.500. The van der Waals surface area contributed by atoms with Crippen LogP contribution < -0.4 is 0 Å². The molecule has 0 bridgehead atoms. The van der Waals surface area contributed by atoms with Gasteiger partial charge in [0.25, 0.3) is 5.91 Å². The number of carbonyl (C=O) groups excluding carboxylic acids is 1. The molecule has 0 spiro atoms. The highest BCUT2D eigenvalue weighted by Crippen LogP contribution is 2.17. The molecule has 2 aliphatic heterocycles. The van der Waals surface area contributed by atoms with E-state index in [1.54, 1.807) is 6.92 Å². The summed E-state index contributed by atoms with van der Waals surface area (Å²) in [5.74, 6) is 0.951. The number of amides is 1. The molecule has 1 aromatic carbocycles. The molecule has 0 saturated carbocycles. The average Bonchev–Trinajstić information content (AvgIpc) is 2.61. The van der Waals surface area contributed by atoms with Gasteiger partial charge in [0.2, 0.25) is 5.76 Å². The van der Waals surface area contributed by atoms with E-state index in [-0.39, 0.29) is 5.91 Å². The first-order chi connectivity index (χ1) is 11.2. The summed E-state index contributed by atoms with van der Waals surface area (Å²) in [6, 6.07) is 10.5. The zero-order valence-electron chi connectivity index (χ0n) is 13.7. The standard InChI is InChI=1S/C18H24N2O3/c1-15-17(23-14-13-22-15)18(21)20-11-9-19(10-12-20)8-7-16-5-3-2-4-6-16/h2-6H,7-14H2,1H3. The van der Waals surface area contributed by atoms with E-state index < -0.39 is 0 Å².